The second-order valence-corrected chi connectivity index (χ2v) is 11.1. The van der Waals surface area contributed by atoms with E-state index >= 15 is 0 Å². The summed E-state index contributed by atoms with van der Waals surface area (Å²) in [4.78, 5) is 75.5. The molecule has 4 atom stereocenters. The first-order valence-corrected chi connectivity index (χ1v) is 12.9. The number of nitrogens with two attached hydrogens (primary N) is 1. The number of rotatable bonds is 9. The quantitative estimate of drug-likeness (QED) is 0.142. The zero-order valence-corrected chi connectivity index (χ0v) is 22.1. The number of ether oxygens (including phenoxy) is 2. The molecule has 0 spiro atoms. The number of amides is 5. The van der Waals surface area contributed by atoms with Crippen molar-refractivity contribution in [3.63, 3.8) is 0 Å². The number of carbonyl (C=O) groups is 6. The van der Waals surface area contributed by atoms with E-state index in [4.69, 9.17) is 15.2 Å². The Morgan fingerprint density at radius 2 is 1.95 bits per heavy atom. The van der Waals surface area contributed by atoms with Crippen LogP contribution in [0.4, 0.5) is 4.79 Å². The Kier molecular flexibility index (Phi) is 8.48. The summed E-state index contributed by atoms with van der Waals surface area (Å²) < 4.78 is 10.9. The van der Waals surface area contributed by atoms with Gasteiger partial charge in [0.25, 0.3) is 11.8 Å². The number of β-lactam (4-membered cyclic amide) rings is 1. The topological polar surface area (TPSA) is 186 Å². The van der Waals surface area contributed by atoms with E-state index < -0.39 is 59.1 Å². The summed E-state index contributed by atoms with van der Waals surface area (Å²) in [5, 5.41) is 8.39. The van der Waals surface area contributed by atoms with Crippen LogP contribution in [-0.4, -0.2) is 70.1 Å². The highest BCUT2D eigenvalue weighted by Crippen LogP contribution is 2.42. The Morgan fingerprint density at radius 3 is 2.49 bits per heavy atom. The number of primary amides is 1. The Balaban J connectivity index is 2.03. The van der Waals surface area contributed by atoms with Gasteiger partial charge in [0.15, 0.2) is 0 Å². The summed E-state index contributed by atoms with van der Waals surface area (Å²) in [5.41, 5.74) is 4.21. The van der Waals surface area contributed by atoms with Crippen molar-refractivity contribution in [3.8, 4) is 0 Å². The highest BCUT2D eigenvalue weighted by Gasteiger charge is 2.55. The van der Waals surface area contributed by atoms with Crippen molar-refractivity contribution in [2.45, 2.75) is 57.0 Å². The molecule has 0 aliphatic carbocycles. The van der Waals surface area contributed by atoms with Crippen LogP contribution in [-0.2, 0) is 33.4 Å². The molecule has 5 N–H and O–H groups in total. The number of carbonyl (C=O) groups excluding carboxylic acids is 6. The van der Waals surface area contributed by atoms with Gasteiger partial charge in [0.05, 0.1) is 0 Å². The molecule has 37 heavy (non-hydrogen) atoms. The van der Waals surface area contributed by atoms with Crippen LogP contribution < -0.4 is 21.7 Å². The normalized spacial score (nSPS) is 20.5. The van der Waals surface area contributed by atoms with Crippen LogP contribution in [0.3, 0.4) is 0 Å². The zero-order valence-electron chi connectivity index (χ0n) is 20.4. The highest BCUT2D eigenvalue weighted by molar-refractivity contribution is 8.00. The fourth-order valence-corrected chi connectivity index (χ4v) is 5.84. The number of nitrogens with one attached hydrogen (secondary N) is 3. The van der Waals surface area contributed by atoms with Gasteiger partial charge in [-0.05, 0) is 32.2 Å². The van der Waals surface area contributed by atoms with Crippen molar-refractivity contribution >= 4 is 59.3 Å². The predicted molar refractivity (Wildman–Crippen MR) is 132 cm³/mol. The maximum atomic E-state index is 13.3. The molecule has 1 fully saturated rings. The first-order chi connectivity index (χ1) is 17.3. The largest absolute Gasteiger partial charge is 0.455 e. The van der Waals surface area contributed by atoms with Crippen LogP contribution in [0.2, 0.25) is 0 Å². The van der Waals surface area contributed by atoms with E-state index in [0.29, 0.717) is 11.3 Å². The molecule has 0 aromatic carbocycles. The average Bonchev–Trinajstić information content (AvgIpc) is 3.32. The summed E-state index contributed by atoms with van der Waals surface area (Å²) in [5.74, 6) is -2.94. The van der Waals surface area contributed by atoms with E-state index in [1.165, 1.54) is 23.1 Å². The molecule has 15 heteroatoms. The molecule has 2 unspecified atom stereocenters. The summed E-state index contributed by atoms with van der Waals surface area (Å²) in [7, 11) is 0. The number of thiophene rings is 1. The SMILES string of the molecule is CC(=O)OC(NC(=O)C(NC(N)=O)c1cccs1)C1=C(C(=O)OC(C)(C)C)N2C(=O)[C@@H](NC=O)[C@H]2SC1. The molecular formula is C22H27N5O8S2. The minimum atomic E-state index is -1.48. The second kappa shape index (κ2) is 11.2. The lowest BCUT2D eigenvalue weighted by Crippen LogP contribution is -2.70. The standard InChI is InChI=1S/C22H27N5O8S2/c1-10(29)34-17(26-16(30)13(25-21(23)33)12-6-5-7-36-12)11-8-37-19-14(24-9-28)18(31)27(19)15(11)20(32)35-22(2,3)4/h5-7,9,13-14,17,19H,8H2,1-4H3,(H,24,28)(H,26,30)(H3,23,25,33)/t13?,14-,17?,19-/m1/s1. The molecular weight excluding hydrogens is 526 g/mol. The Bertz CT molecular complexity index is 1130. The van der Waals surface area contributed by atoms with Gasteiger partial charge >= 0.3 is 18.0 Å². The molecule has 0 bridgehead atoms. The third-order valence-electron chi connectivity index (χ3n) is 5.09. The molecule has 3 rings (SSSR count). The van der Waals surface area contributed by atoms with Crippen LogP contribution in [0, 0.1) is 0 Å². The number of hydrogen-bond acceptors (Lipinski definition) is 10. The molecule has 1 aromatic rings. The highest BCUT2D eigenvalue weighted by atomic mass is 32.2. The van der Waals surface area contributed by atoms with E-state index in [2.05, 4.69) is 16.0 Å². The van der Waals surface area contributed by atoms with Crippen molar-refractivity contribution in [2.24, 2.45) is 5.73 Å². The average molecular weight is 554 g/mol. The fourth-order valence-electron chi connectivity index (χ4n) is 3.68. The maximum absolute atomic E-state index is 13.3. The number of esters is 2. The zero-order chi connectivity index (χ0) is 27.5. The fraction of sp³-hybridized carbons (Fsp3) is 0.455. The van der Waals surface area contributed by atoms with Gasteiger partial charge in [-0.25, -0.2) is 9.59 Å². The lowest BCUT2D eigenvalue weighted by atomic mass is 10.0. The molecule has 13 nitrogen and oxygen atoms in total. The lowest BCUT2D eigenvalue weighted by molar-refractivity contribution is -0.159. The minimum Gasteiger partial charge on any atom is -0.455 e. The molecule has 2 aliphatic rings. The molecule has 0 saturated carbocycles. The first-order valence-electron chi connectivity index (χ1n) is 11.0. The van der Waals surface area contributed by atoms with Gasteiger partial charge in [-0.1, -0.05) is 6.07 Å². The van der Waals surface area contributed by atoms with Gasteiger partial charge in [-0.2, -0.15) is 0 Å². The van der Waals surface area contributed by atoms with Crippen molar-refractivity contribution in [3.05, 3.63) is 33.7 Å². The predicted octanol–water partition coefficient (Wildman–Crippen LogP) is 0.0884. The van der Waals surface area contributed by atoms with Crippen LogP contribution in [0.15, 0.2) is 28.8 Å². The minimum absolute atomic E-state index is 0.0468. The van der Waals surface area contributed by atoms with Crippen molar-refractivity contribution in [1.29, 1.82) is 0 Å². The number of nitrogens with zero attached hydrogens (tertiary/aromatic N) is 1. The van der Waals surface area contributed by atoms with E-state index in [0.717, 1.165) is 11.8 Å². The molecule has 200 valence electrons. The van der Waals surface area contributed by atoms with E-state index in [1.807, 2.05) is 0 Å². The monoisotopic (exact) mass is 553 g/mol. The van der Waals surface area contributed by atoms with Gasteiger partial charge < -0.3 is 31.2 Å². The van der Waals surface area contributed by atoms with E-state index in [1.54, 1.807) is 38.3 Å². The second-order valence-electron chi connectivity index (χ2n) is 9.00. The molecule has 2 aliphatic heterocycles. The third kappa shape index (κ3) is 6.40. The molecule has 1 aromatic heterocycles. The molecule has 1 saturated heterocycles. The van der Waals surface area contributed by atoms with Gasteiger partial charge in [0.1, 0.15) is 28.8 Å². The van der Waals surface area contributed by atoms with E-state index in [-0.39, 0.29) is 17.0 Å². The molecule has 3 heterocycles. The Labute approximate surface area is 220 Å². The maximum Gasteiger partial charge on any atom is 0.355 e. The number of fused-ring (bicyclic) bond motifs is 1. The summed E-state index contributed by atoms with van der Waals surface area (Å²) in [6.45, 7) is 6.03. The van der Waals surface area contributed by atoms with Crippen molar-refractivity contribution in [1.82, 2.24) is 20.9 Å². The first kappa shape index (κ1) is 28.0. The number of urea groups is 1. The smallest absolute Gasteiger partial charge is 0.355 e. The van der Waals surface area contributed by atoms with Gasteiger partial charge in [0, 0.05) is 23.1 Å². The van der Waals surface area contributed by atoms with Crippen molar-refractivity contribution in [2.75, 3.05) is 5.75 Å². The summed E-state index contributed by atoms with van der Waals surface area (Å²) in [6, 6.07) is 0.259. The van der Waals surface area contributed by atoms with Gasteiger partial charge in [-0.3, -0.25) is 24.1 Å². The van der Waals surface area contributed by atoms with Crippen LogP contribution in [0.5, 0.6) is 0 Å². The van der Waals surface area contributed by atoms with Crippen molar-refractivity contribution < 1.29 is 38.2 Å². The summed E-state index contributed by atoms with van der Waals surface area (Å²) in [6.07, 6.45) is -1.09. The lowest BCUT2D eigenvalue weighted by Gasteiger charge is -2.50. The molecule has 0 radical (unpaired) electrons. The van der Waals surface area contributed by atoms with Crippen LogP contribution in [0.25, 0.3) is 0 Å². The molecule has 5 amide bonds. The van der Waals surface area contributed by atoms with Crippen LogP contribution in [0.1, 0.15) is 38.6 Å². The van der Waals surface area contributed by atoms with Crippen LogP contribution >= 0.6 is 23.1 Å². The summed E-state index contributed by atoms with van der Waals surface area (Å²) >= 11 is 2.39. The Hall–Kier alpha value is -3.59. The van der Waals surface area contributed by atoms with E-state index in [9.17, 15) is 28.8 Å². The number of thioether (sulfide) groups is 1. The number of hydrogen-bond donors (Lipinski definition) is 4. The van der Waals surface area contributed by atoms with Gasteiger partial charge in [0.2, 0.25) is 12.6 Å². The third-order valence-corrected chi connectivity index (χ3v) is 7.33. The Morgan fingerprint density at radius 1 is 1.24 bits per heavy atom. The van der Waals surface area contributed by atoms with Gasteiger partial charge in [-0.15, -0.1) is 23.1 Å².